The molecule has 0 saturated heterocycles. The average Bonchev–Trinajstić information content (AvgIpc) is 3.16. The molecule has 144 valence electrons. The molecule has 0 aliphatic carbocycles. The van der Waals surface area contributed by atoms with Crippen LogP contribution in [0.1, 0.15) is 17.4 Å². The Morgan fingerprint density at radius 2 is 1.52 bits per heavy atom. The third-order valence-corrected chi connectivity index (χ3v) is 4.54. The van der Waals surface area contributed by atoms with E-state index in [0.717, 1.165) is 11.3 Å². The van der Waals surface area contributed by atoms with Gasteiger partial charge in [0, 0.05) is 11.1 Å². The summed E-state index contributed by atoms with van der Waals surface area (Å²) in [5.41, 5.74) is 3.86. The maximum atomic E-state index is 13.5. The Kier molecular flexibility index (Phi) is 5.20. The summed E-state index contributed by atoms with van der Waals surface area (Å²) in [7, 11) is 0. The second kappa shape index (κ2) is 8.10. The first-order valence-electron chi connectivity index (χ1n) is 9.36. The molecule has 0 spiro atoms. The first-order valence-corrected chi connectivity index (χ1v) is 9.36. The summed E-state index contributed by atoms with van der Waals surface area (Å²) in [6, 6.07) is 25.0. The Morgan fingerprint density at radius 3 is 2.14 bits per heavy atom. The van der Waals surface area contributed by atoms with Crippen LogP contribution in [0.15, 0.2) is 84.9 Å². The van der Waals surface area contributed by atoms with Gasteiger partial charge in [-0.3, -0.25) is 0 Å². The fourth-order valence-corrected chi connectivity index (χ4v) is 3.25. The highest BCUT2D eigenvalue weighted by Gasteiger charge is 2.27. The van der Waals surface area contributed by atoms with Crippen molar-refractivity contribution >= 4 is 5.97 Å². The van der Waals surface area contributed by atoms with Crippen molar-refractivity contribution in [2.45, 2.75) is 6.92 Å². The molecule has 0 fully saturated rings. The molecule has 4 aromatic rings. The summed E-state index contributed by atoms with van der Waals surface area (Å²) < 4.78 is 20.5. The van der Waals surface area contributed by atoms with Gasteiger partial charge < -0.3 is 4.74 Å². The summed E-state index contributed by atoms with van der Waals surface area (Å²) in [6.07, 6.45) is 0. The molecule has 1 aromatic heterocycles. The number of carbonyl (C=O) groups excluding carboxylic acids is 1. The molecule has 0 radical (unpaired) electrons. The summed E-state index contributed by atoms with van der Waals surface area (Å²) >= 11 is 0. The molecule has 0 bridgehead atoms. The van der Waals surface area contributed by atoms with Gasteiger partial charge in [0.05, 0.1) is 12.3 Å². The predicted octanol–water partition coefficient (Wildman–Crippen LogP) is 5.52. The van der Waals surface area contributed by atoms with Gasteiger partial charge in [-0.25, -0.2) is 13.9 Å². The fraction of sp³-hybridized carbons (Fsp3) is 0.0833. The Morgan fingerprint density at radius 1 is 0.897 bits per heavy atom. The Balaban J connectivity index is 2.04. The van der Waals surface area contributed by atoms with Crippen molar-refractivity contribution in [2.24, 2.45) is 0 Å². The highest BCUT2D eigenvalue weighted by Crippen LogP contribution is 2.36. The van der Waals surface area contributed by atoms with Crippen molar-refractivity contribution < 1.29 is 13.9 Å². The molecule has 4 nitrogen and oxygen atoms in total. The normalized spacial score (nSPS) is 10.7. The first kappa shape index (κ1) is 18.6. The predicted molar refractivity (Wildman–Crippen MR) is 110 cm³/mol. The van der Waals surface area contributed by atoms with Crippen LogP contribution in [0.5, 0.6) is 0 Å². The quantitative estimate of drug-likeness (QED) is 0.424. The van der Waals surface area contributed by atoms with Crippen LogP contribution in [0, 0.1) is 5.82 Å². The van der Waals surface area contributed by atoms with Crippen LogP contribution in [0.25, 0.3) is 28.1 Å². The Hall–Kier alpha value is -3.73. The molecule has 0 atom stereocenters. The molecule has 0 aliphatic heterocycles. The van der Waals surface area contributed by atoms with E-state index in [2.05, 4.69) is 0 Å². The van der Waals surface area contributed by atoms with Gasteiger partial charge in [0.1, 0.15) is 11.5 Å². The average molecular weight is 386 g/mol. The highest BCUT2D eigenvalue weighted by atomic mass is 19.1. The molecule has 4 rings (SSSR count). The van der Waals surface area contributed by atoms with Crippen LogP contribution in [-0.4, -0.2) is 22.4 Å². The van der Waals surface area contributed by atoms with Crippen LogP contribution in [0.4, 0.5) is 4.39 Å². The van der Waals surface area contributed by atoms with Gasteiger partial charge in [0.2, 0.25) is 0 Å². The zero-order chi connectivity index (χ0) is 20.2. The van der Waals surface area contributed by atoms with E-state index >= 15 is 0 Å². The largest absolute Gasteiger partial charge is 0.461 e. The molecule has 29 heavy (non-hydrogen) atoms. The summed E-state index contributed by atoms with van der Waals surface area (Å²) in [6.45, 7) is 2.02. The van der Waals surface area contributed by atoms with Crippen LogP contribution in [0.2, 0.25) is 0 Å². The maximum Gasteiger partial charge on any atom is 0.357 e. The second-order valence-electron chi connectivity index (χ2n) is 6.41. The van der Waals surface area contributed by atoms with E-state index in [1.54, 1.807) is 23.7 Å². The lowest BCUT2D eigenvalue weighted by atomic mass is 9.98. The van der Waals surface area contributed by atoms with Crippen LogP contribution in [-0.2, 0) is 4.74 Å². The van der Waals surface area contributed by atoms with Gasteiger partial charge >= 0.3 is 5.97 Å². The summed E-state index contributed by atoms with van der Waals surface area (Å²) in [5.74, 6) is -0.792. The van der Waals surface area contributed by atoms with Gasteiger partial charge in [0.25, 0.3) is 0 Å². The van der Waals surface area contributed by atoms with Crippen molar-refractivity contribution in [3.8, 4) is 28.1 Å². The molecule has 3 aromatic carbocycles. The standard InChI is InChI=1S/C24H19FN2O2/c1-2-29-24(28)23-21(17-9-5-3-6-10-17)22(18-13-15-19(25)16-14-18)26-27(23)20-11-7-4-8-12-20/h3-16H,2H2,1H3. The number of hydrogen-bond donors (Lipinski definition) is 0. The lowest BCUT2D eigenvalue weighted by Crippen LogP contribution is -2.13. The van der Waals surface area contributed by atoms with E-state index in [1.165, 1.54) is 12.1 Å². The third-order valence-electron chi connectivity index (χ3n) is 4.54. The fourth-order valence-electron chi connectivity index (χ4n) is 3.25. The van der Waals surface area contributed by atoms with Crippen LogP contribution >= 0.6 is 0 Å². The second-order valence-corrected chi connectivity index (χ2v) is 6.41. The van der Waals surface area contributed by atoms with Crippen LogP contribution < -0.4 is 0 Å². The Labute approximate surface area is 168 Å². The molecule has 0 saturated carbocycles. The number of halogens is 1. The number of benzene rings is 3. The summed E-state index contributed by atoms with van der Waals surface area (Å²) in [5, 5.41) is 4.75. The van der Waals surface area contributed by atoms with E-state index in [0.29, 0.717) is 22.5 Å². The Bertz CT molecular complexity index is 1120. The smallest absolute Gasteiger partial charge is 0.357 e. The third kappa shape index (κ3) is 3.67. The molecule has 0 aliphatic rings. The topological polar surface area (TPSA) is 44.1 Å². The minimum absolute atomic E-state index is 0.249. The lowest BCUT2D eigenvalue weighted by Gasteiger charge is -2.09. The van der Waals surface area contributed by atoms with Gasteiger partial charge in [-0.05, 0) is 48.9 Å². The van der Waals surface area contributed by atoms with E-state index in [4.69, 9.17) is 9.84 Å². The maximum absolute atomic E-state index is 13.5. The minimum atomic E-state index is -0.462. The minimum Gasteiger partial charge on any atom is -0.461 e. The number of para-hydroxylation sites is 1. The monoisotopic (exact) mass is 386 g/mol. The van der Waals surface area contributed by atoms with Gasteiger partial charge in [-0.2, -0.15) is 5.10 Å². The number of esters is 1. The lowest BCUT2D eigenvalue weighted by molar-refractivity contribution is 0.0516. The van der Waals surface area contributed by atoms with E-state index in [9.17, 15) is 9.18 Å². The van der Waals surface area contributed by atoms with E-state index in [-0.39, 0.29) is 12.4 Å². The van der Waals surface area contributed by atoms with Gasteiger partial charge in [-0.15, -0.1) is 0 Å². The number of hydrogen-bond acceptors (Lipinski definition) is 3. The zero-order valence-corrected chi connectivity index (χ0v) is 15.9. The molecule has 0 unspecified atom stereocenters. The number of ether oxygens (including phenoxy) is 1. The van der Waals surface area contributed by atoms with Crippen molar-refractivity contribution in [3.63, 3.8) is 0 Å². The van der Waals surface area contributed by atoms with E-state index < -0.39 is 5.97 Å². The van der Waals surface area contributed by atoms with Crippen molar-refractivity contribution in [2.75, 3.05) is 6.61 Å². The summed E-state index contributed by atoms with van der Waals surface area (Å²) in [4.78, 5) is 13.0. The molecule has 0 amide bonds. The molecular formula is C24H19FN2O2. The molecule has 5 heteroatoms. The number of carbonyl (C=O) groups is 1. The SMILES string of the molecule is CCOC(=O)c1c(-c2ccccc2)c(-c2ccc(F)cc2)nn1-c1ccccc1. The molecule has 1 heterocycles. The highest BCUT2D eigenvalue weighted by molar-refractivity contribution is 6.00. The van der Waals surface area contributed by atoms with Crippen molar-refractivity contribution in [1.82, 2.24) is 9.78 Å². The number of aromatic nitrogens is 2. The zero-order valence-electron chi connectivity index (χ0n) is 15.9. The van der Waals surface area contributed by atoms with E-state index in [1.807, 2.05) is 60.7 Å². The molecule has 0 N–H and O–H groups in total. The number of nitrogens with zero attached hydrogens (tertiary/aromatic N) is 2. The van der Waals surface area contributed by atoms with Crippen molar-refractivity contribution in [3.05, 3.63) is 96.4 Å². The first-order chi connectivity index (χ1) is 14.2. The number of rotatable bonds is 5. The molecular weight excluding hydrogens is 367 g/mol. The van der Waals surface area contributed by atoms with Gasteiger partial charge in [0.15, 0.2) is 5.69 Å². The van der Waals surface area contributed by atoms with Gasteiger partial charge in [-0.1, -0.05) is 48.5 Å². The van der Waals surface area contributed by atoms with Crippen molar-refractivity contribution in [1.29, 1.82) is 0 Å². The van der Waals surface area contributed by atoms with Crippen LogP contribution in [0.3, 0.4) is 0 Å².